The van der Waals surface area contributed by atoms with Crippen LogP contribution in [0.15, 0.2) is 18.2 Å². The van der Waals surface area contributed by atoms with Crippen LogP contribution < -0.4 is 5.46 Å². The van der Waals surface area contributed by atoms with E-state index in [9.17, 15) is 4.79 Å². The molecule has 0 unspecified atom stereocenters. The van der Waals surface area contributed by atoms with E-state index >= 15 is 0 Å². The molecule has 1 heterocycles. The molecule has 4 nitrogen and oxygen atoms in total. The number of hydrogen-bond donors (Lipinski definition) is 0. The Labute approximate surface area is 126 Å². The first-order valence-corrected chi connectivity index (χ1v) is 7.18. The van der Waals surface area contributed by atoms with Gasteiger partial charge >= 0.3 is 13.1 Å². The van der Waals surface area contributed by atoms with Crippen LogP contribution in [0.1, 0.15) is 38.8 Å². The number of benzene rings is 1. The highest BCUT2D eigenvalue weighted by atomic mass is 16.7. The second-order valence-corrected chi connectivity index (χ2v) is 6.54. The molecule has 2 rings (SSSR count). The van der Waals surface area contributed by atoms with Gasteiger partial charge in [0.05, 0.1) is 24.7 Å². The van der Waals surface area contributed by atoms with Crippen LogP contribution in [0.2, 0.25) is 0 Å². The summed E-state index contributed by atoms with van der Waals surface area (Å²) < 4.78 is 16.9. The van der Waals surface area contributed by atoms with Crippen molar-refractivity contribution in [1.82, 2.24) is 0 Å². The lowest BCUT2D eigenvalue weighted by Crippen LogP contribution is -2.41. The molecule has 0 spiro atoms. The van der Waals surface area contributed by atoms with E-state index in [2.05, 4.69) is 0 Å². The van der Waals surface area contributed by atoms with Gasteiger partial charge in [0.2, 0.25) is 0 Å². The summed E-state index contributed by atoms with van der Waals surface area (Å²) in [6, 6.07) is 5.93. The SMILES string of the molecule is COC(=O)Cc1ccc(C)cc1B1OC(C)(C)C(C)(C)O1. The molecule has 0 radical (unpaired) electrons. The molecule has 0 aliphatic carbocycles. The van der Waals surface area contributed by atoms with Gasteiger partial charge in [-0.1, -0.05) is 23.8 Å². The third-order valence-corrected chi connectivity index (χ3v) is 4.37. The van der Waals surface area contributed by atoms with Gasteiger partial charge in [0, 0.05) is 0 Å². The zero-order valence-electron chi connectivity index (χ0n) is 13.6. The number of methoxy groups -OCH3 is 1. The minimum Gasteiger partial charge on any atom is -0.469 e. The molecule has 0 bridgehead atoms. The summed E-state index contributed by atoms with van der Waals surface area (Å²) in [5, 5.41) is 0. The molecule has 1 fully saturated rings. The van der Waals surface area contributed by atoms with Gasteiger partial charge in [-0.3, -0.25) is 4.79 Å². The summed E-state index contributed by atoms with van der Waals surface area (Å²) >= 11 is 0. The molecule has 0 saturated carbocycles. The fraction of sp³-hybridized carbons (Fsp3) is 0.562. The predicted octanol–water partition coefficient (Wildman–Crippen LogP) is 2.01. The minimum atomic E-state index is -0.463. The zero-order chi connectivity index (χ0) is 15.8. The lowest BCUT2D eigenvalue weighted by Gasteiger charge is -2.32. The van der Waals surface area contributed by atoms with Gasteiger partial charge in [-0.05, 0) is 45.6 Å². The fourth-order valence-electron chi connectivity index (χ4n) is 2.29. The lowest BCUT2D eigenvalue weighted by molar-refractivity contribution is -0.139. The van der Waals surface area contributed by atoms with Crippen LogP contribution in [0.5, 0.6) is 0 Å². The van der Waals surface area contributed by atoms with E-state index in [4.69, 9.17) is 14.0 Å². The largest absolute Gasteiger partial charge is 0.495 e. The van der Waals surface area contributed by atoms with Crippen LogP contribution in [-0.4, -0.2) is 31.4 Å². The van der Waals surface area contributed by atoms with Crippen molar-refractivity contribution in [2.45, 2.75) is 52.2 Å². The summed E-state index contributed by atoms with van der Waals surface area (Å²) in [6.07, 6.45) is 0.218. The van der Waals surface area contributed by atoms with Gasteiger partial charge < -0.3 is 14.0 Å². The highest BCUT2D eigenvalue weighted by Crippen LogP contribution is 2.36. The van der Waals surface area contributed by atoms with Crippen LogP contribution in [0.3, 0.4) is 0 Å². The smallest absolute Gasteiger partial charge is 0.469 e. The molecule has 1 aliphatic heterocycles. The number of rotatable bonds is 3. The normalized spacial score (nSPS) is 19.6. The molecular formula is C16H23BO4. The molecule has 1 saturated heterocycles. The van der Waals surface area contributed by atoms with Crippen LogP contribution in [0.4, 0.5) is 0 Å². The molecule has 0 aromatic heterocycles. The maximum absolute atomic E-state index is 11.6. The van der Waals surface area contributed by atoms with Gasteiger partial charge in [0.1, 0.15) is 0 Å². The molecule has 21 heavy (non-hydrogen) atoms. The first-order valence-electron chi connectivity index (χ1n) is 7.18. The minimum absolute atomic E-state index is 0.218. The van der Waals surface area contributed by atoms with Crippen LogP contribution in [0, 0.1) is 6.92 Å². The van der Waals surface area contributed by atoms with E-state index in [0.29, 0.717) is 0 Å². The topological polar surface area (TPSA) is 44.8 Å². The monoisotopic (exact) mass is 290 g/mol. The van der Waals surface area contributed by atoms with Crippen molar-refractivity contribution in [2.24, 2.45) is 0 Å². The van der Waals surface area contributed by atoms with E-state index in [1.165, 1.54) is 7.11 Å². The Morgan fingerprint density at radius 2 is 1.76 bits per heavy atom. The Bertz CT molecular complexity index is 535. The van der Waals surface area contributed by atoms with Crippen molar-refractivity contribution in [1.29, 1.82) is 0 Å². The molecule has 0 N–H and O–H groups in total. The molecule has 1 aromatic carbocycles. The van der Waals surface area contributed by atoms with Gasteiger partial charge in [0.25, 0.3) is 0 Å². The Morgan fingerprint density at radius 1 is 1.19 bits per heavy atom. The first-order chi connectivity index (χ1) is 9.66. The summed E-state index contributed by atoms with van der Waals surface area (Å²) in [4.78, 5) is 11.6. The van der Waals surface area contributed by atoms with E-state index in [0.717, 1.165) is 16.6 Å². The number of ether oxygens (including phenoxy) is 1. The van der Waals surface area contributed by atoms with Gasteiger partial charge in [-0.2, -0.15) is 0 Å². The highest BCUT2D eigenvalue weighted by Gasteiger charge is 2.52. The second-order valence-electron chi connectivity index (χ2n) is 6.54. The van der Waals surface area contributed by atoms with Crippen molar-refractivity contribution in [2.75, 3.05) is 7.11 Å². The van der Waals surface area contributed by atoms with Crippen molar-refractivity contribution in [3.63, 3.8) is 0 Å². The zero-order valence-corrected chi connectivity index (χ0v) is 13.6. The van der Waals surface area contributed by atoms with E-state index in [1.54, 1.807) is 0 Å². The maximum Gasteiger partial charge on any atom is 0.495 e. The van der Waals surface area contributed by atoms with Crippen LogP contribution in [-0.2, 0) is 25.3 Å². The summed E-state index contributed by atoms with van der Waals surface area (Å²) in [5.74, 6) is -0.267. The molecular weight excluding hydrogens is 267 g/mol. The average molecular weight is 290 g/mol. The molecule has 5 heteroatoms. The molecule has 114 valence electrons. The summed E-state index contributed by atoms with van der Waals surface area (Å²) in [5.41, 5.74) is 2.09. The lowest BCUT2D eigenvalue weighted by atomic mass is 9.74. The maximum atomic E-state index is 11.6. The number of carbonyl (C=O) groups is 1. The van der Waals surface area contributed by atoms with E-state index in [-0.39, 0.29) is 12.4 Å². The van der Waals surface area contributed by atoms with E-state index in [1.807, 2.05) is 52.8 Å². The van der Waals surface area contributed by atoms with Gasteiger partial charge in [-0.25, -0.2) is 0 Å². The van der Waals surface area contributed by atoms with Crippen molar-refractivity contribution in [3.8, 4) is 0 Å². The van der Waals surface area contributed by atoms with Crippen molar-refractivity contribution < 1.29 is 18.8 Å². The molecule has 1 aromatic rings. The van der Waals surface area contributed by atoms with Crippen LogP contribution in [0.25, 0.3) is 0 Å². The van der Waals surface area contributed by atoms with E-state index < -0.39 is 18.3 Å². The molecule has 1 aliphatic rings. The second kappa shape index (κ2) is 5.46. The molecule has 0 atom stereocenters. The van der Waals surface area contributed by atoms with Gasteiger partial charge in [0.15, 0.2) is 0 Å². The summed E-state index contributed by atoms with van der Waals surface area (Å²) in [7, 11) is 0.930. The van der Waals surface area contributed by atoms with Crippen LogP contribution >= 0.6 is 0 Å². The first kappa shape index (κ1) is 16.1. The Balaban J connectivity index is 2.35. The van der Waals surface area contributed by atoms with Gasteiger partial charge in [-0.15, -0.1) is 0 Å². The number of aryl methyl sites for hydroxylation is 1. The predicted molar refractivity (Wildman–Crippen MR) is 82.6 cm³/mol. The number of esters is 1. The number of hydrogen-bond acceptors (Lipinski definition) is 4. The Morgan fingerprint density at radius 3 is 2.29 bits per heavy atom. The van der Waals surface area contributed by atoms with Crippen molar-refractivity contribution in [3.05, 3.63) is 29.3 Å². The number of carbonyl (C=O) groups excluding carboxylic acids is 1. The standard InChI is InChI=1S/C16H23BO4/c1-11-7-8-12(10-14(18)19-6)13(9-11)17-20-15(2,3)16(4,5)21-17/h7-9H,10H2,1-6H3. The Hall–Kier alpha value is -1.33. The molecule has 0 amide bonds. The average Bonchev–Trinajstić information content (AvgIpc) is 2.60. The quantitative estimate of drug-likeness (QED) is 0.631. The third-order valence-electron chi connectivity index (χ3n) is 4.37. The summed E-state index contributed by atoms with van der Waals surface area (Å²) in [6.45, 7) is 10.1. The fourth-order valence-corrected chi connectivity index (χ4v) is 2.29. The highest BCUT2D eigenvalue weighted by molar-refractivity contribution is 6.62. The van der Waals surface area contributed by atoms with Crippen molar-refractivity contribution >= 4 is 18.6 Å². The Kier molecular flexibility index (Phi) is 4.18. The third kappa shape index (κ3) is 3.14.